The summed E-state index contributed by atoms with van der Waals surface area (Å²) in [6.45, 7) is 4.07. The van der Waals surface area contributed by atoms with Gasteiger partial charge in [0.25, 0.3) is 5.91 Å². The van der Waals surface area contributed by atoms with Crippen molar-refractivity contribution in [1.29, 1.82) is 0 Å². The number of amides is 1. The van der Waals surface area contributed by atoms with Crippen LogP contribution in [0.25, 0.3) is 10.8 Å². The molecule has 2 aromatic carbocycles. The lowest BCUT2D eigenvalue weighted by Crippen LogP contribution is -2.35. The number of hydrogen-bond acceptors (Lipinski definition) is 2. The number of ether oxygens (including phenoxy) is 1. The Balaban J connectivity index is 2.04. The highest BCUT2D eigenvalue weighted by Gasteiger charge is 2.07. The molecule has 0 saturated carbocycles. The number of benzene rings is 2. The Morgan fingerprint density at radius 2 is 1.95 bits per heavy atom. The molecule has 100 valence electrons. The fraction of sp³-hybridized carbons (Fsp3) is 0.312. The van der Waals surface area contributed by atoms with Gasteiger partial charge in [0.2, 0.25) is 0 Å². The minimum absolute atomic E-state index is 0.0539. The van der Waals surface area contributed by atoms with Crippen molar-refractivity contribution in [3.8, 4) is 5.75 Å². The lowest BCUT2D eigenvalue weighted by molar-refractivity contribution is -0.123. The van der Waals surface area contributed by atoms with Crippen LogP contribution in [0.4, 0.5) is 0 Å². The van der Waals surface area contributed by atoms with Crippen LogP contribution in [0.5, 0.6) is 5.75 Å². The first-order chi connectivity index (χ1) is 9.20. The predicted molar refractivity (Wildman–Crippen MR) is 77.3 cm³/mol. The number of nitrogens with one attached hydrogen (secondary N) is 1. The molecule has 0 aliphatic carbocycles. The minimum Gasteiger partial charge on any atom is -0.483 e. The third-order valence-corrected chi connectivity index (χ3v) is 3.13. The van der Waals surface area contributed by atoms with E-state index < -0.39 is 0 Å². The Labute approximate surface area is 113 Å². The SMILES string of the molecule is CC[C@H](C)NC(=O)COc1cccc2ccccc12. The summed E-state index contributed by atoms with van der Waals surface area (Å²) >= 11 is 0. The molecular weight excluding hydrogens is 238 g/mol. The summed E-state index contributed by atoms with van der Waals surface area (Å²) in [4.78, 5) is 11.7. The van der Waals surface area contributed by atoms with Crippen LogP contribution in [0.15, 0.2) is 42.5 Å². The largest absolute Gasteiger partial charge is 0.483 e. The van der Waals surface area contributed by atoms with Crippen molar-refractivity contribution in [3.05, 3.63) is 42.5 Å². The molecule has 0 bridgehead atoms. The Hall–Kier alpha value is -2.03. The number of carbonyl (C=O) groups excluding carboxylic acids is 1. The second-order valence-electron chi connectivity index (χ2n) is 4.64. The van der Waals surface area contributed by atoms with Crippen molar-refractivity contribution in [2.24, 2.45) is 0 Å². The summed E-state index contributed by atoms with van der Waals surface area (Å²) in [6, 6.07) is 14.0. The molecule has 0 fully saturated rings. The normalized spacial score (nSPS) is 12.1. The van der Waals surface area contributed by atoms with Gasteiger partial charge in [-0.1, -0.05) is 43.3 Å². The highest BCUT2D eigenvalue weighted by Crippen LogP contribution is 2.24. The van der Waals surface area contributed by atoms with E-state index in [1.54, 1.807) is 0 Å². The molecule has 3 nitrogen and oxygen atoms in total. The van der Waals surface area contributed by atoms with E-state index in [1.165, 1.54) is 0 Å². The highest BCUT2D eigenvalue weighted by atomic mass is 16.5. The second-order valence-corrected chi connectivity index (χ2v) is 4.64. The molecule has 1 atom stereocenters. The predicted octanol–water partition coefficient (Wildman–Crippen LogP) is 3.13. The molecule has 0 heterocycles. The molecule has 0 saturated heterocycles. The summed E-state index contributed by atoms with van der Waals surface area (Å²) < 4.78 is 5.61. The Morgan fingerprint density at radius 3 is 2.74 bits per heavy atom. The summed E-state index contributed by atoms with van der Waals surface area (Å²) in [5, 5.41) is 5.03. The maximum absolute atomic E-state index is 11.7. The van der Waals surface area contributed by atoms with Gasteiger partial charge in [0.1, 0.15) is 5.75 Å². The number of carbonyl (C=O) groups is 1. The zero-order valence-electron chi connectivity index (χ0n) is 11.3. The fourth-order valence-corrected chi connectivity index (χ4v) is 1.88. The molecular formula is C16H19NO2. The van der Waals surface area contributed by atoms with Gasteiger partial charge >= 0.3 is 0 Å². The maximum Gasteiger partial charge on any atom is 0.258 e. The van der Waals surface area contributed by atoms with Crippen LogP contribution in [-0.4, -0.2) is 18.6 Å². The topological polar surface area (TPSA) is 38.3 Å². The standard InChI is InChI=1S/C16H19NO2/c1-3-12(2)17-16(18)11-19-15-10-6-8-13-7-4-5-9-14(13)15/h4-10,12H,3,11H2,1-2H3,(H,17,18)/t12-/m0/s1. The van der Waals surface area contributed by atoms with Gasteiger partial charge in [-0.2, -0.15) is 0 Å². The molecule has 0 spiro atoms. The summed E-state index contributed by atoms with van der Waals surface area (Å²) in [6.07, 6.45) is 0.917. The van der Waals surface area contributed by atoms with Gasteiger partial charge in [-0.25, -0.2) is 0 Å². The van der Waals surface area contributed by atoms with Crippen molar-refractivity contribution in [3.63, 3.8) is 0 Å². The second kappa shape index (κ2) is 6.23. The average molecular weight is 257 g/mol. The summed E-state index contributed by atoms with van der Waals surface area (Å²) in [5.74, 6) is 0.666. The average Bonchev–Trinajstić information content (AvgIpc) is 2.44. The first-order valence-corrected chi connectivity index (χ1v) is 6.60. The van der Waals surface area contributed by atoms with Crippen LogP contribution in [-0.2, 0) is 4.79 Å². The van der Waals surface area contributed by atoms with E-state index in [4.69, 9.17) is 4.74 Å². The van der Waals surface area contributed by atoms with E-state index >= 15 is 0 Å². The fourth-order valence-electron chi connectivity index (χ4n) is 1.88. The molecule has 2 aromatic rings. The number of hydrogen-bond donors (Lipinski definition) is 1. The number of rotatable bonds is 5. The smallest absolute Gasteiger partial charge is 0.258 e. The Kier molecular flexibility index (Phi) is 4.39. The Morgan fingerprint density at radius 1 is 1.21 bits per heavy atom. The lowest BCUT2D eigenvalue weighted by atomic mass is 10.1. The molecule has 0 aliphatic heterocycles. The van der Waals surface area contributed by atoms with Gasteiger partial charge in [-0.3, -0.25) is 4.79 Å². The molecule has 3 heteroatoms. The van der Waals surface area contributed by atoms with Gasteiger partial charge in [0, 0.05) is 11.4 Å². The lowest BCUT2D eigenvalue weighted by Gasteiger charge is -2.13. The minimum atomic E-state index is -0.0812. The van der Waals surface area contributed by atoms with Gasteiger partial charge in [-0.15, -0.1) is 0 Å². The van der Waals surface area contributed by atoms with Gasteiger partial charge < -0.3 is 10.1 Å². The van der Waals surface area contributed by atoms with Crippen molar-refractivity contribution >= 4 is 16.7 Å². The zero-order chi connectivity index (χ0) is 13.7. The van der Waals surface area contributed by atoms with E-state index in [2.05, 4.69) is 5.32 Å². The van der Waals surface area contributed by atoms with E-state index in [0.717, 1.165) is 22.9 Å². The van der Waals surface area contributed by atoms with Crippen molar-refractivity contribution in [1.82, 2.24) is 5.32 Å². The zero-order valence-corrected chi connectivity index (χ0v) is 11.3. The van der Waals surface area contributed by atoms with E-state index in [-0.39, 0.29) is 18.6 Å². The van der Waals surface area contributed by atoms with Crippen LogP contribution < -0.4 is 10.1 Å². The third kappa shape index (κ3) is 3.47. The van der Waals surface area contributed by atoms with Crippen molar-refractivity contribution in [2.45, 2.75) is 26.3 Å². The molecule has 1 N–H and O–H groups in total. The van der Waals surface area contributed by atoms with Crippen LogP contribution in [0.2, 0.25) is 0 Å². The van der Waals surface area contributed by atoms with Crippen LogP contribution >= 0.6 is 0 Å². The maximum atomic E-state index is 11.7. The first kappa shape index (κ1) is 13.4. The van der Waals surface area contributed by atoms with Crippen LogP contribution in [0.1, 0.15) is 20.3 Å². The van der Waals surface area contributed by atoms with Crippen LogP contribution in [0.3, 0.4) is 0 Å². The molecule has 0 unspecified atom stereocenters. The van der Waals surface area contributed by atoms with Gasteiger partial charge in [0.05, 0.1) is 0 Å². The van der Waals surface area contributed by atoms with Gasteiger partial charge in [0.15, 0.2) is 6.61 Å². The molecule has 0 aliphatic rings. The van der Waals surface area contributed by atoms with Crippen molar-refractivity contribution in [2.75, 3.05) is 6.61 Å². The first-order valence-electron chi connectivity index (χ1n) is 6.60. The van der Waals surface area contributed by atoms with E-state index in [9.17, 15) is 4.79 Å². The molecule has 1 amide bonds. The summed E-state index contributed by atoms with van der Waals surface area (Å²) in [5.41, 5.74) is 0. The Bertz CT molecular complexity index is 560. The number of fused-ring (bicyclic) bond motifs is 1. The van der Waals surface area contributed by atoms with E-state index in [0.29, 0.717) is 0 Å². The van der Waals surface area contributed by atoms with Gasteiger partial charge in [-0.05, 0) is 24.8 Å². The molecule has 0 aromatic heterocycles. The quantitative estimate of drug-likeness (QED) is 0.893. The van der Waals surface area contributed by atoms with Crippen LogP contribution in [0, 0.1) is 0 Å². The van der Waals surface area contributed by atoms with E-state index in [1.807, 2.05) is 56.3 Å². The monoisotopic (exact) mass is 257 g/mol. The molecule has 2 rings (SSSR count). The molecule has 19 heavy (non-hydrogen) atoms. The highest BCUT2D eigenvalue weighted by molar-refractivity contribution is 5.88. The van der Waals surface area contributed by atoms with Crippen molar-refractivity contribution < 1.29 is 9.53 Å². The third-order valence-electron chi connectivity index (χ3n) is 3.13. The summed E-state index contributed by atoms with van der Waals surface area (Å²) in [7, 11) is 0. The molecule has 0 radical (unpaired) electrons.